The molecule has 0 aromatic carbocycles. The van der Waals surface area contributed by atoms with E-state index in [1.54, 1.807) is 0 Å². The molecule has 12 heavy (non-hydrogen) atoms. The van der Waals surface area contributed by atoms with Gasteiger partial charge in [0.1, 0.15) is 0 Å². The molecule has 0 radical (unpaired) electrons. The van der Waals surface area contributed by atoms with Crippen molar-refractivity contribution in [3.63, 3.8) is 0 Å². The molecule has 1 nitrogen and oxygen atoms in total. The van der Waals surface area contributed by atoms with Crippen molar-refractivity contribution in [2.24, 2.45) is 11.8 Å². The van der Waals surface area contributed by atoms with Crippen LogP contribution in [0.3, 0.4) is 0 Å². The average Bonchev–Trinajstić information content (AvgIpc) is 2.42. The van der Waals surface area contributed by atoms with Gasteiger partial charge in [0.2, 0.25) is 0 Å². The molecule has 2 aliphatic carbocycles. The van der Waals surface area contributed by atoms with Gasteiger partial charge in [-0.05, 0) is 38.0 Å². The third-order valence-electron chi connectivity index (χ3n) is 3.90. The quantitative estimate of drug-likeness (QED) is 0.681. The highest BCUT2D eigenvalue weighted by molar-refractivity contribution is 4.98. The molecule has 0 spiro atoms. The SMILES string of the molecule is CCC(C)NC1C[C@@H]2CCC[C@H]12. The second kappa shape index (κ2) is 3.37. The van der Waals surface area contributed by atoms with Gasteiger partial charge in [0, 0.05) is 12.1 Å². The monoisotopic (exact) mass is 167 g/mol. The van der Waals surface area contributed by atoms with Gasteiger partial charge in [-0.25, -0.2) is 0 Å². The summed E-state index contributed by atoms with van der Waals surface area (Å²) in [6, 6.07) is 1.61. The van der Waals surface area contributed by atoms with Crippen LogP contribution in [0, 0.1) is 11.8 Å². The van der Waals surface area contributed by atoms with Crippen LogP contribution in [-0.4, -0.2) is 12.1 Å². The van der Waals surface area contributed by atoms with E-state index < -0.39 is 0 Å². The highest BCUT2D eigenvalue weighted by atomic mass is 15.0. The summed E-state index contributed by atoms with van der Waals surface area (Å²) in [6.07, 6.45) is 7.25. The van der Waals surface area contributed by atoms with E-state index in [0.29, 0.717) is 0 Å². The first-order valence-electron chi connectivity index (χ1n) is 5.57. The number of nitrogens with one attached hydrogen (secondary N) is 1. The van der Waals surface area contributed by atoms with E-state index in [-0.39, 0.29) is 0 Å². The van der Waals surface area contributed by atoms with E-state index in [2.05, 4.69) is 19.2 Å². The lowest BCUT2D eigenvalue weighted by atomic mass is 9.71. The van der Waals surface area contributed by atoms with E-state index in [0.717, 1.165) is 23.9 Å². The van der Waals surface area contributed by atoms with Gasteiger partial charge in [-0.1, -0.05) is 19.8 Å². The molecule has 0 aromatic heterocycles. The van der Waals surface area contributed by atoms with Gasteiger partial charge >= 0.3 is 0 Å². The van der Waals surface area contributed by atoms with Gasteiger partial charge in [-0.2, -0.15) is 0 Å². The molecule has 2 aliphatic rings. The zero-order chi connectivity index (χ0) is 8.55. The minimum Gasteiger partial charge on any atom is -0.311 e. The molecule has 2 fully saturated rings. The highest BCUT2D eigenvalue weighted by Gasteiger charge is 2.43. The van der Waals surface area contributed by atoms with Crippen LogP contribution in [0.25, 0.3) is 0 Å². The lowest BCUT2D eigenvalue weighted by Gasteiger charge is -2.42. The van der Waals surface area contributed by atoms with Crippen molar-refractivity contribution in [2.45, 2.75) is 58.0 Å². The molecule has 0 heterocycles. The van der Waals surface area contributed by atoms with Crippen molar-refractivity contribution < 1.29 is 0 Å². The summed E-state index contributed by atoms with van der Waals surface area (Å²) in [6.45, 7) is 4.57. The highest BCUT2D eigenvalue weighted by Crippen LogP contribution is 2.46. The van der Waals surface area contributed by atoms with Crippen LogP contribution in [0.2, 0.25) is 0 Å². The van der Waals surface area contributed by atoms with Crippen LogP contribution < -0.4 is 5.32 Å². The van der Waals surface area contributed by atoms with E-state index in [4.69, 9.17) is 0 Å². The zero-order valence-corrected chi connectivity index (χ0v) is 8.34. The molecule has 0 aromatic rings. The summed E-state index contributed by atoms with van der Waals surface area (Å²) in [5.74, 6) is 2.16. The maximum Gasteiger partial charge on any atom is 0.0103 e. The smallest absolute Gasteiger partial charge is 0.0103 e. The first-order valence-corrected chi connectivity index (χ1v) is 5.57. The summed E-state index contributed by atoms with van der Waals surface area (Å²) in [4.78, 5) is 0. The number of hydrogen-bond acceptors (Lipinski definition) is 1. The first-order chi connectivity index (χ1) is 5.81. The summed E-state index contributed by atoms with van der Waals surface area (Å²) >= 11 is 0. The molecule has 0 bridgehead atoms. The minimum atomic E-state index is 0.733. The van der Waals surface area contributed by atoms with Crippen molar-refractivity contribution >= 4 is 0 Å². The Bertz CT molecular complexity index is 155. The second-order valence-corrected chi connectivity index (χ2v) is 4.67. The van der Waals surface area contributed by atoms with E-state index in [9.17, 15) is 0 Å². The van der Waals surface area contributed by atoms with Crippen molar-refractivity contribution in [1.29, 1.82) is 0 Å². The molecule has 2 rings (SSSR count). The Morgan fingerprint density at radius 2 is 2.25 bits per heavy atom. The van der Waals surface area contributed by atoms with Crippen LogP contribution in [-0.2, 0) is 0 Å². The fourth-order valence-corrected chi connectivity index (χ4v) is 2.87. The minimum absolute atomic E-state index is 0.733. The van der Waals surface area contributed by atoms with Crippen molar-refractivity contribution in [3.05, 3.63) is 0 Å². The van der Waals surface area contributed by atoms with Crippen LogP contribution in [0.1, 0.15) is 46.0 Å². The van der Waals surface area contributed by atoms with Gasteiger partial charge in [0.25, 0.3) is 0 Å². The molecule has 1 heteroatoms. The largest absolute Gasteiger partial charge is 0.311 e. The van der Waals surface area contributed by atoms with Crippen molar-refractivity contribution in [1.82, 2.24) is 5.32 Å². The maximum atomic E-state index is 3.74. The molecule has 70 valence electrons. The predicted octanol–water partition coefficient (Wildman–Crippen LogP) is 2.56. The lowest BCUT2D eigenvalue weighted by Crippen LogP contribution is -2.50. The summed E-state index contributed by atoms with van der Waals surface area (Å²) in [5, 5.41) is 3.74. The molecule has 2 unspecified atom stereocenters. The van der Waals surface area contributed by atoms with Crippen LogP contribution in [0.5, 0.6) is 0 Å². The summed E-state index contributed by atoms with van der Waals surface area (Å²) in [5.41, 5.74) is 0. The fraction of sp³-hybridized carbons (Fsp3) is 1.00. The Kier molecular flexibility index (Phi) is 2.40. The first kappa shape index (κ1) is 8.55. The molecule has 0 aliphatic heterocycles. The van der Waals surface area contributed by atoms with Crippen molar-refractivity contribution in [3.8, 4) is 0 Å². The van der Waals surface area contributed by atoms with Gasteiger partial charge in [-0.15, -0.1) is 0 Å². The average molecular weight is 167 g/mol. The van der Waals surface area contributed by atoms with Gasteiger partial charge < -0.3 is 5.32 Å². The van der Waals surface area contributed by atoms with Gasteiger partial charge in [-0.3, -0.25) is 0 Å². The molecular weight excluding hydrogens is 146 g/mol. The Morgan fingerprint density at radius 3 is 2.92 bits per heavy atom. The third kappa shape index (κ3) is 1.39. The Morgan fingerprint density at radius 1 is 1.42 bits per heavy atom. The molecule has 1 N–H and O–H groups in total. The van der Waals surface area contributed by atoms with E-state index in [1.807, 2.05) is 0 Å². The Balaban J connectivity index is 1.77. The molecule has 0 saturated heterocycles. The van der Waals surface area contributed by atoms with Crippen LogP contribution in [0.4, 0.5) is 0 Å². The standard InChI is InChI=1S/C11H21N/c1-3-8(2)12-11-7-9-5-4-6-10(9)11/h8-12H,3-7H2,1-2H3/t8?,9-,10-,11?/m0/s1. The number of rotatable bonds is 3. The Hall–Kier alpha value is -0.0400. The number of fused-ring (bicyclic) bond motifs is 1. The second-order valence-electron chi connectivity index (χ2n) is 4.67. The van der Waals surface area contributed by atoms with Gasteiger partial charge in [0.05, 0.1) is 0 Å². The maximum absolute atomic E-state index is 3.74. The summed E-state index contributed by atoms with van der Waals surface area (Å²) < 4.78 is 0. The predicted molar refractivity (Wildman–Crippen MR) is 52.1 cm³/mol. The Labute approximate surface area is 75.9 Å². The normalized spacial score (nSPS) is 42.0. The molecule has 0 amide bonds. The fourth-order valence-electron chi connectivity index (χ4n) is 2.87. The number of hydrogen-bond donors (Lipinski definition) is 1. The van der Waals surface area contributed by atoms with Crippen molar-refractivity contribution in [2.75, 3.05) is 0 Å². The van der Waals surface area contributed by atoms with Crippen LogP contribution in [0.15, 0.2) is 0 Å². The van der Waals surface area contributed by atoms with E-state index >= 15 is 0 Å². The molecular formula is C11H21N. The lowest BCUT2D eigenvalue weighted by molar-refractivity contribution is 0.127. The summed E-state index contributed by atoms with van der Waals surface area (Å²) in [7, 11) is 0. The topological polar surface area (TPSA) is 12.0 Å². The molecule has 4 atom stereocenters. The van der Waals surface area contributed by atoms with E-state index in [1.165, 1.54) is 32.1 Å². The van der Waals surface area contributed by atoms with Gasteiger partial charge in [0.15, 0.2) is 0 Å². The zero-order valence-electron chi connectivity index (χ0n) is 8.34. The van der Waals surface area contributed by atoms with Crippen LogP contribution >= 0.6 is 0 Å². The molecule has 2 saturated carbocycles. The third-order valence-corrected chi connectivity index (χ3v) is 3.90.